The van der Waals surface area contributed by atoms with Gasteiger partial charge in [0, 0.05) is 46.6 Å². The van der Waals surface area contributed by atoms with Crippen molar-refractivity contribution in [2.24, 2.45) is 0 Å². The maximum Gasteiger partial charge on any atom is 0.235 e. The maximum atomic E-state index is 5.51. The summed E-state index contributed by atoms with van der Waals surface area (Å²) in [6, 6.07) is 46.1. The summed E-state index contributed by atoms with van der Waals surface area (Å²) in [6.07, 6.45) is 0. The lowest BCUT2D eigenvalue weighted by Gasteiger charge is -2.12. The summed E-state index contributed by atoms with van der Waals surface area (Å²) in [5.74, 6) is 0.705. The van der Waals surface area contributed by atoms with Crippen LogP contribution in [0.15, 0.2) is 127 Å². The Morgan fingerprint density at radius 1 is 0.444 bits per heavy atom. The van der Waals surface area contributed by atoms with Gasteiger partial charge in [-0.05, 0) is 51.9 Å². The Labute approximate surface area is 264 Å². The first-order valence-electron chi connectivity index (χ1n) is 15.1. The molecule has 0 atom stereocenters. The molecule has 0 amide bonds. The monoisotopic (exact) mass is 607 g/mol. The quantitative estimate of drug-likeness (QED) is 0.196. The predicted molar refractivity (Wildman–Crippen MR) is 194 cm³/mol. The molecule has 4 heterocycles. The average Bonchev–Trinajstić information content (AvgIpc) is 3.59. The largest absolute Gasteiger partial charge is 0.278 e. The van der Waals surface area contributed by atoms with Crippen molar-refractivity contribution in [3.63, 3.8) is 0 Å². The molecule has 0 N–H and O–H groups in total. The van der Waals surface area contributed by atoms with Gasteiger partial charge in [0.1, 0.15) is 0 Å². The van der Waals surface area contributed by atoms with Gasteiger partial charge >= 0.3 is 0 Å². The fraction of sp³-hybridized carbons (Fsp3) is 0. The van der Waals surface area contributed by atoms with Gasteiger partial charge in [-0.1, -0.05) is 97.1 Å². The summed E-state index contributed by atoms with van der Waals surface area (Å²) >= 11 is 3.66. The molecule has 0 aliphatic heterocycles. The highest BCUT2D eigenvalue weighted by atomic mass is 32.1. The van der Waals surface area contributed by atoms with Crippen LogP contribution >= 0.6 is 22.7 Å². The average molecular weight is 608 g/mol. The van der Waals surface area contributed by atoms with Crippen LogP contribution in [0.1, 0.15) is 0 Å². The topological polar surface area (TPSA) is 30.7 Å². The Balaban J connectivity index is 1.37. The lowest BCUT2D eigenvalue weighted by molar-refractivity contribution is 1.02. The second kappa shape index (κ2) is 8.63. The lowest BCUT2D eigenvalue weighted by Crippen LogP contribution is -2.03. The molecule has 0 saturated heterocycles. The molecule has 45 heavy (non-hydrogen) atoms. The van der Waals surface area contributed by atoms with E-state index in [0.29, 0.717) is 5.95 Å². The fourth-order valence-corrected chi connectivity index (χ4v) is 9.80. The first-order chi connectivity index (χ1) is 22.3. The van der Waals surface area contributed by atoms with Crippen LogP contribution in [-0.2, 0) is 0 Å². The lowest BCUT2D eigenvalue weighted by atomic mass is 10.00. The number of rotatable bonds is 2. The summed E-state index contributed by atoms with van der Waals surface area (Å²) in [5, 5.41) is 11.3. The van der Waals surface area contributed by atoms with Crippen LogP contribution in [0.4, 0.5) is 0 Å². The number of fused-ring (bicyclic) bond motifs is 4. The summed E-state index contributed by atoms with van der Waals surface area (Å²) in [5.41, 5.74) is 5.39. The van der Waals surface area contributed by atoms with Crippen molar-refractivity contribution < 1.29 is 0 Å². The van der Waals surface area contributed by atoms with E-state index in [4.69, 9.17) is 9.97 Å². The van der Waals surface area contributed by atoms with Gasteiger partial charge in [-0.2, -0.15) is 0 Å². The molecule has 3 nitrogen and oxygen atoms in total. The molecule has 4 aromatic heterocycles. The number of nitrogens with zero attached hydrogens (tertiary/aromatic N) is 3. The van der Waals surface area contributed by atoms with Crippen molar-refractivity contribution in [2.75, 3.05) is 0 Å². The molecular weight excluding hydrogens is 587 g/mol. The molecule has 208 valence electrons. The molecule has 0 fully saturated rings. The number of thiophene rings is 1. The SMILES string of the molecule is c1ccc2c(-c3nc(-n4c5ccc6cccc7sc8cccc9ccc4c(c98)c5c67)nc4c3sc3ccccc34)cccc2c1. The van der Waals surface area contributed by atoms with Crippen LogP contribution < -0.4 is 0 Å². The molecule has 11 rings (SSSR count). The van der Waals surface area contributed by atoms with Crippen LogP contribution in [-0.4, -0.2) is 14.5 Å². The zero-order chi connectivity index (χ0) is 29.2. The highest BCUT2D eigenvalue weighted by molar-refractivity contribution is 7.26. The van der Waals surface area contributed by atoms with Crippen LogP contribution in [0.3, 0.4) is 0 Å². The first kappa shape index (κ1) is 24.0. The number of hydrogen-bond donors (Lipinski definition) is 0. The summed E-state index contributed by atoms with van der Waals surface area (Å²) < 4.78 is 7.23. The van der Waals surface area contributed by atoms with Crippen molar-refractivity contribution >= 4 is 106 Å². The number of benzene rings is 7. The fourth-order valence-electron chi connectivity index (χ4n) is 7.48. The van der Waals surface area contributed by atoms with Crippen molar-refractivity contribution in [3.8, 4) is 17.2 Å². The Bertz CT molecular complexity index is 2890. The first-order valence-corrected chi connectivity index (χ1v) is 16.7. The summed E-state index contributed by atoms with van der Waals surface area (Å²) in [4.78, 5) is 10.9. The number of hydrogen-bond acceptors (Lipinski definition) is 4. The van der Waals surface area contributed by atoms with Gasteiger partial charge in [-0.15, -0.1) is 22.7 Å². The molecular formula is C40H21N3S2. The third-order valence-electron chi connectivity index (χ3n) is 9.38. The van der Waals surface area contributed by atoms with Crippen LogP contribution in [0.2, 0.25) is 0 Å². The maximum absolute atomic E-state index is 5.51. The van der Waals surface area contributed by atoms with E-state index in [-0.39, 0.29) is 0 Å². The molecule has 5 heteroatoms. The molecule has 7 aromatic carbocycles. The van der Waals surface area contributed by atoms with Crippen molar-refractivity contribution in [1.82, 2.24) is 14.5 Å². The van der Waals surface area contributed by atoms with Crippen molar-refractivity contribution in [1.29, 1.82) is 0 Å². The number of aromatic nitrogens is 3. The van der Waals surface area contributed by atoms with E-state index in [9.17, 15) is 0 Å². The van der Waals surface area contributed by atoms with Gasteiger partial charge in [0.05, 0.1) is 26.9 Å². The highest BCUT2D eigenvalue weighted by Gasteiger charge is 2.24. The molecule has 0 aliphatic rings. The normalized spacial score (nSPS) is 12.4. The van der Waals surface area contributed by atoms with Crippen molar-refractivity contribution in [2.45, 2.75) is 0 Å². The molecule has 0 spiro atoms. The summed E-state index contributed by atoms with van der Waals surface area (Å²) in [6.45, 7) is 0. The Morgan fingerprint density at radius 2 is 1.04 bits per heavy atom. The van der Waals surface area contributed by atoms with Gasteiger partial charge in [0.25, 0.3) is 0 Å². The van der Waals surface area contributed by atoms with Gasteiger partial charge in [0.15, 0.2) is 0 Å². The zero-order valence-electron chi connectivity index (χ0n) is 23.8. The van der Waals surface area contributed by atoms with Gasteiger partial charge < -0.3 is 0 Å². The van der Waals surface area contributed by atoms with E-state index in [1.807, 2.05) is 11.3 Å². The van der Waals surface area contributed by atoms with Gasteiger partial charge in [-0.3, -0.25) is 4.57 Å². The highest BCUT2D eigenvalue weighted by Crippen LogP contribution is 2.47. The van der Waals surface area contributed by atoms with Crippen LogP contribution in [0, 0.1) is 0 Å². The van der Waals surface area contributed by atoms with E-state index < -0.39 is 0 Å². The van der Waals surface area contributed by atoms with E-state index >= 15 is 0 Å². The minimum absolute atomic E-state index is 0.705. The standard InChI is InChI=1S/C40H21N3S2/c1-2-12-25-22(8-1)9-5-14-26(25)37-39-38(27-13-3-4-15-30(27)45-39)42-40(41-37)43-28-20-18-23-10-6-16-31-33(23)35(28)36-29(43)21-19-24-11-7-17-32(44-31)34(24)36/h1-21H. The van der Waals surface area contributed by atoms with Crippen LogP contribution in [0.25, 0.3) is 101 Å². The van der Waals surface area contributed by atoms with E-state index in [2.05, 4.69) is 132 Å². The van der Waals surface area contributed by atoms with Crippen molar-refractivity contribution in [3.05, 3.63) is 127 Å². The molecule has 11 aromatic rings. The van der Waals surface area contributed by atoms with Crippen LogP contribution in [0.5, 0.6) is 0 Å². The van der Waals surface area contributed by atoms with E-state index in [0.717, 1.165) is 32.5 Å². The predicted octanol–water partition coefficient (Wildman–Crippen LogP) is 11.7. The minimum Gasteiger partial charge on any atom is -0.278 e. The summed E-state index contributed by atoms with van der Waals surface area (Å²) in [7, 11) is 0. The Hall–Kier alpha value is -5.36. The molecule has 0 aliphatic carbocycles. The third kappa shape index (κ3) is 3.13. The van der Waals surface area contributed by atoms with Gasteiger partial charge in [0.2, 0.25) is 5.95 Å². The molecule has 0 bridgehead atoms. The smallest absolute Gasteiger partial charge is 0.235 e. The Kier molecular flexibility index (Phi) is 4.61. The van der Waals surface area contributed by atoms with E-state index in [1.54, 1.807) is 11.3 Å². The van der Waals surface area contributed by atoms with E-state index in [1.165, 1.54) is 62.6 Å². The molecule has 0 saturated carbocycles. The van der Waals surface area contributed by atoms with Gasteiger partial charge in [-0.25, -0.2) is 9.97 Å². The third-order valence-corrected chi connectivity index (χ3v) is 11.7. The second-order valence-electron chi connectivity index (χ2n) is 11.7. The Morgan fingerprint density at radius 3 is 1.80 bits per heavy atom. The minimum atomic E-state index is 0.705. The molecule has 0 radical (unpaired) electrons. The molecule has 0 unspecified atom stereocenters. The second-order valence-corrected chi connectivity index (χ2v) is 13.9. The zero-order valence-corrected chi connectivity index (χ0v) is 25.4.